The first-order valence-electron chi connectivity index (χ1n) is 6.40. The first kappa shape index (κ1) is 18.0. The van der Waals surface area contributed by atoms with Crippen LogP contribution >= 0.6 is 0 Å². The molecule has 0 spiro atoms. The molecule has 1 atom stereocenters. The topological polar surface area (TPSA) is 67.4 Å². The SMILES string of the molecule is C=C(/C=C\C=C/C)[C@H](NC(=O)OC(C)(C)C)C(=O)NC. The van der Waals surface area contributed by atoms with Gasteiger partial charge >= 0.3 is 6.09 Å². The van der Waals surface area contributed by atoms with Gasteiger partial charge in [0.05, 0.1) is 0 Å². The van der Waals surface area contributed by atoms with E-state index in [0.29, 0.717) is 5.57 Å². The third-order valence-electron chi connectivity index (χ3n) is 2.15. The summed E-state index contributed by atoms with van der Waals surface area (Å²) in [7, 11) is 1.50. The lowest BCUT2D eigenvalue weighted by atomic mass is 10.1. The number of amides is 2. The monoisotopic (exact) mass is 280 g/mol. The molecule has 0 unspecified atom stereocenters. The minimum absolute atomic E-state index is 0.356. The Morgan fingerprint density at radius 1 is 1.25 bits per heavy atom. The number of ether oxygens (including phenoxy) is 1. The molecule has 2 amide bonds. The Kier molecular flexibility index (Phi) is 7.36. The number of alkyl carbamates (subject to hydrolysis) is 1. The fraction of sp³-hybridized carbons (Fsp3) is 0.467. The number of nitrogens with one attached hydrogen (secondary N) is 2. The normalized spacial score (nSPS) is 13.2. The standard InChI is InChI=1S/C15H24N2O3/c1-7-8-9-10-11(2)12(13(18)16-6)17-14(19)20-15(3,4)5/h7-10,12H,2H2,1,3-6H3,(H,16,18)(H,17,19)/b8-7-,10-9-/t12-/m0/s1. The van der Waals surface area contributed by atoms with Gasteiger partial charge in [-0.25, -0.2) is 4.79 Å². The summed E-state index contributed by atoms with van der Waals surface area (Å²) in [6, 6.07) is -0.864. The minimum Gasteiger partial charge on any atom is -0.444 e. The predicted molar refractivity (Wildman–Crippen MR) is 80.3 cm³/mol. The molecule has 0 bridgehead atoms. The zero-order valence-electron chi connectivity index (χ0n) is 12.8. The van der Waals surface area contributed by atoms with Gasteiger partial charge in [0.15, 0.2) is 0 Å². The molecule has 2 N–H and O–H groups in total. The van der Waals surface area contributed by atoms with Crippen LogP contribution in [-0.4, -0.2) is 30.7 Å². The molecule has 0 saturated heterocycles. The van der Waals surface area contributed by atoms with Gasteiger partial charge in [-0.2, -0.15) is 0 Å². The van der Waals surface area contributed by atoms with Crippen molar-refractivity contribution >= 4 is 12.0 Å². The van der Waals surface area contributed by atoms with E-state index in [2.05, 4.69) is 17.2 Å². The lowest BCUT2D eigenvalue weighted by Crippen LogP contribution is -2.48. The van der Waals surface area contributed by atoms with Crippen LogP contribution in [0.4, 0.5) is 4.79 Å². The number of carbonyl (C=O) groups excluding carboxylic acids is 2. The van der Waals surface area contributed by atoms with E-state index in [4.69, 9.17) is 4.74 Å². The Bertz CT molecular complexity index is 417. The van der Waals surface area contributed by atoms with E-state index in [9.17, 15) is 9.59 Å². The molecule has 112 valence electrons. The van der Waals surface area contributed by atoms with Gasteiger partial charge in [-0.1, -0.05) is 30.9 Å². The van der Waals surface area contributed by atoms with E-state index in [-0.39, 0.29) is 5.91 Å². The summed E-state index contributed by atoms with van der Waals surface area (Å²) in [6.07, 6.45) is 6.40. The van der Waals surface area contributed by atoms with Gasteiger partial charge in [0.1, 0.15) is 11.6 Å². The Labute approximate surface area is 120 Å². The quantitative estimate of drug-likeness (QED) is 0.759. The molecule has 0 saturated carbocycles. The predicted octanol–water partition coefficient (Wildman–Crippen LogP) is 2.31. The van der Waals surface area contributed by atoms with Crippen molar-refractivity contribution in [2.45, 2.75) is 39.3 Å². The van der Waals surface area contributed by atoms with Crippen LogP contribution in [0.15, 0.2) is 36.5 Å². The highest BCUT2D eigenvalue weighted by molar-refractivity contribution is 5.89. The van der Waals surface area contributed by atoms with Gasteiger partial charge in [-0.05, 0) is 33.3 Å². The minimum atomic E-state index is -0.864. The van der Waals surface area contributed by atoms with Crippen LogP contribution in [0, 0.1) is 0 Å². The largest absolute Gasteiger partial charge is 0.444 e. The summed E-state index contributed by atoms with van der Waals surface area (Å²) in [5.74, 6) is -0.356. The molecule has 0 aliphatic heterocycles. The molecule has 0 aromatic rings. The Balaban J connectivity index is 4.86. The van der Waals surface area contributed by atoms with Crippen LogP contribution in [0.3, 0.4) is 0 Å². The molecule has 5 heteroatoms. The molecule has 0 fully saturated rings. The van der Waals surface area contributed by atoms with Crippen molar-refractivity contribution in [3.05, 3.63) is 36.5 Å². The van der Waals surface area contributed by atoms with Crippen molar-refractivity contribution in [1.29, 1.82) is 0 Å². The molecule has 0 rings (SSSR count). The summed E-state index contributed by atoms with van der Waals surface area (Å²) in [5.41, 5.74) is -0.160. The van der Waals surface area contributed by atoms with Gasteiger partial charge in [-0.3, -0.25) is 4.79 Å². The van der Waals surface area contributed by atoms with E-state index in [1.807, 2.05) is 13.0 Å². The molecule has 5 nitrogen and oxygen atoms in total. The van der Waals surface area contributed by atoms with Gasteiger partial charge in [0, 0.05) is 7.05 Å². The van der Waals surface area contributed by atoms with Crippen molar-refractivity contribution in [2.75, 3.05) is 7.05 Å². The van der Waals surface area contributed by atoms with Crippen molar-refractivity contribution in [3.8, 4) is 0 Å². The molecule has 0 heterocycles. The van der Waals surface area contributed by atoms with Crippen LogP contribution in [0.5, 0.6) is 0 Å². The van der Waals surface area contributed by atoms with Gasteiger partial charge in [0.2, 0.25) is 5.91 Å². The van der Waals surface area contributed by atoms with E-state index in [0.717, 1.165) is 0 Å². The second kappa shape index (κ2) is 8.19. The first-order chi connectivity index (χ1) is 9.21. The van der Waals surface area contributed by atoms with E-state index >= 15 is 0 Å². The number of rotatable bonds is 5. The number of likely N-dealkylation sites (N-methyl/N-ethyl adjacent to an activating group) is 1. The van der Waals surface area contributed by atoms with Crippen molar-refractivity contribution in [1.82, 2.24) is 10.6 Å². The fourth-order valence-corrected chi connectivity index (χ4v) is 1.28. The van der Waals surface area contributed by atoms with Crippen molar-refractivity contribution < 1.29 is 14.3 Å². The molecule has 0 radical (unpaired) electrons. The highest BCUT2D eigenvalue weighted by atomic mass is 16.6. The molecule has 0 aromatic heterocycles. The maximum Gasteiger partial charge on any atom is 0.408 e. The average Bonchev–Trinajstić information content (AvgIpc) is 2.33. The number of carbonyl (C=O) groups is 2. The number of hydrogen-bond donors (Lipinski definition) is 2. The summed E-state index contributed by atoms with van der Waals surface area (Å²) >= 11 is 0. The third kappa shape index (κ3) is 7.41. The maximum absolute atomic E-state index is 11.8. The second-order valence-electron chi connectivity index (χ2n) is 5.15. The molecule has 0 aliphatic carbocycles. The van der Waals surface area contributed by atoms with Crippen molar-refractivity contribution in [3.63, 3.8) is 0 Å². The highest BCUT2D eigenvalue weighted by Gasteiger charge is 2.24. The van der Waals surface area contributed by atoms with Crippen molar-refractivity contribution in [2.24, 2.45) is 0 Å². The number of allylic oxidation sites excluding steroid dienone is 3. The lowest BCUT2D eigenvalue weighted by Gasteiger charge is -2.23. The summed E-state index contributed by atoms with van der Waals surface area (Å²) in [4.78, 5) is 23.5. The first-order valence-corrected chi connectivity index (χ1v) is 6.40. The zero-order valence-corrected chi connectivity index (χ0v) is 12.8. The Hall–Kier alpha value is -2.04. The molecule has 20 heavy (non-hydrogen) atoms. The van der Waals surface area contributed by atoms with E-state index in [1.165, 1.54) is 7.05 Å². The summed E-state index contributed by atoms with van der Waals surface area (Å²) < 4.78 is 5.13. The molecular formula is C15H24N2O3. The van der Waals surface area contributed by atoms with Crippen LogP contribution in [0.25, 0.3) is 0 Å². The summed E-state index contributed by atoms with van der Waals surface area (Å²) in [6.45, 7) is 10.9. The lowest BCUT2D eigenvalue weighted by molar-refractivity contribution is -0.121. The van der Waals surface area contributed by atoms with Crippen LogP contribution in [0.1, 0.15) is 27.7 Å². The summed E-state index contributed by atoms with van der Waals surface area (Å²) in [5, 5.41) is 4.99. The van der Waals surface area contributed by atoms with E-state index < -0.39 is 17.7 Å². The fourth-order valence-electron chi connectivity index (χ4n) is 1.28. The van der Waals surface area contributed by atoms with Gasteiger partial charge in [0.25, 0.3) is 0 Å². The molecule has 0 aromatic carbocycles. The smallest absolute Gasteiger partial charge is 0.408 e. The van der Waals surface area contributed by atoms with Crippen LogP contribution in [-0.2, 0) is 9.53 Å². The second-order valence-corrected chi connectivity index (χ2v) is 5.15. The molecule has 0 aliphatic rings. The Morgan fingerprint density at radius 3 is 2.30 bits per heavy atom. The van der Waals surface area contributed by atoms with Gasteiger partial charge in [-0.15, -0.1) is 0 Å². The Morgan fingerprint density at radius 2 is 1.85 bits per heavy atom. The number of hydrogen-bond acceptors (Lipinski definition) is 3. The van der Waals surface area contributed by atoms with Crippen LogP contribution in [0.2, 0.25) is 0 Å². The zero-order chi connectivity index (χ0) is 15.8. The average molecular weight is 280 g/mol. The van der Waals surface area contributed by atoms with E-state index in [1.54, 1.807) is 39.0 Å². The third-order valence-corrected chi connectivity index (χ3v) is 2.15. The molecular weight excluding hydrogens is 256 g/mol. The van der Waals surface area contributed by atoms with Gasteiger partial charge < -0.3 is 15.4 Å². The van der Waals surface area contributed by atoms with Crippen LogP contribution < -0.4 is 10.6 Å². The highest BCUT2D eigenvalue weighted by Crippen LogP contribution is 2.09. The maximum atomic E-state index is 11.8.